The Kier molecular flexibility index (Phi) is 5.00. The van der Waals surface area contributed by atoms with E-state index in [1.54, 1.807) is 31.2 Å². The lowest BCUT2D eigenvalue weighted by atomic mass is 10.0. The topological polar surface area (TPSA) is 75.6 Å². The van der Waals surface area contributed by atoms with Gasteiger partial charge in [0.25, 0.3) is 0 Å². The van der Waals surface area contributed by atoms with Crippen LogP contribution in [0.3, 0.4) is 0 Å². The zero-order chi connectivity index (χ0) is 12.7. The highest BCUT2D eigenvalue weighted by atomic mass is 16.5. The molecule has 0 aliphatic carbocycles. The molecule has 0 fully saturated rings. The van der Waals surface area contributed by atoms with Crippen molar-refractivity contribution < 1.29 is 19.4 Å². The number of carbonyl (C=O) groups is 2. The third-order valence-corrected chi connectivity index (χ3v) is 2.19. The van der Waals surface area contributed by atoms with Gasteiger partial charge in [0.1, 0.15) is 0 Å². The maximum absolute atomic E-state index is 11.0. The van der Waals surface area contributed by atoms with Crippen molar-refractivity contribution in [2.75, 3.05) is 13.2 Å². The second-order valence-corrected chi connectivity index (χ2v) is 3.36. The van der Waals surface area contributed by atoms with Gasteiger partial charge in [0, 0.05) is 6.54 Å². The fourth-order valence-electron chi connectivity index (χ4n) is 1.43. The van der Waals surface area contributed by atoms with Gasteiger partial charge in [-0.2, -0.15) is 0 Å². The van der Waals surface area contributed by atoms with Gasteiger partial charge in [-0.3, -0.25) is 0 Å². The van der Waals surface area contributed by atoms with E-state index in [0.29, 0.717) is 25.1 Å². The largest absolute Gasteiger partial charge is 0.478 e. The fourth-order valence-corrected chi connectivity index (χ4v) is 1.43. The van der Waals surface area contributed by atoms with Crippen LogP contribution < -0.4 is 5.32 Å². The second kappa shape index (κ2) is 6.52. The first-order chi connectivity index (χ1) is 8.15. The van der Waals surface area contributed by atoms with Crippen molar-refractivity contribution in [3.05, 3.63) is 35.4 Å². The Bertz CT molecular complexity index is 403. The van der Waals surface area contributed by atoms with Gasteiger partial charge in [0.2, 0.25) is 0 Å². The Balaban J connectivity index is 2.52. The Morgan fingerprint density at radius 1 is 1.35 bits per heavy atom. The summed E-state index contributed by atoms with van der Waals surface area (Å²) in [4.78, 5) is 21.9. The number of ether oxygens (including phenoxy) is 1. The van der Waals surface area contributed by atoms with Crippen molar-refractivity contribution in [3.8, 4) is 0 Å². The average Bonchev–Trinajstić information content (AvgIpc) is 2.30. The molecule has 5 heteroatoms. The maximum atomic E-state index is 11.0. The normalized spacial score (nSPS) is 9.71. The Labute approximate surface area is 99.4 Å². The number of aromatic carboxylic acids is 1. The number of hydrogen-bond acceptors (Lipinski definition) is 3. The molecule has 1 aromatic rings. The summed E-state index contributed by atoms with van der Waals surface area (Å²) in [5.74, 6) is -0.961. The predicted molar refractivity (Wildman–Crippen MR) is 62.1 cm³/mol. The van der Waals surface area contributed by atoms with Crippen LogP contribution in [0.4, 0.5) is 4.79 Å². The first-order valence-electron chi connectivity index (χ1n) is 5.37. The molecule has 17 heavy (non-hydrogen) atoms. The van der Waals surface area contributed by atoms with Crippen molar-refractivity contribution in [2.24, 2.45) is 0 Å². The summed E-state index contributed by atoms with van der Waals surface area (Å²) in [5, 5.41) is 11.5. The molecule has 0 spiro atoms. The van der Waals surface area contributed by atoms with Gasteiger partial charge < -0.3 is 15.2 Å². The van der Waals surface area contributed by atoms with E-state index in [1.807, 2.05) is 0 Å². The third kappa shape index (κ3) is 4.14. The monoisotopic (exact) mass is 237 g/mol. The number of rotatable bonds is 5. The molecule has 2 N–H and O–H groups in total. The highest BCUT2D eigenvalue weighted by molar-refractivity contribution is 5.89. The lowest BCUT2D eigenvalue weighted by Crippen LogP contribution is -2.26. The Morgan fingerprint density at radius 2 is 2.06 bits per heavy atom. The first kappa shape index (κ1) is 13.0. The number of carboxylic acids is 1. The summed E-state index contributed by atoms with van der Waals surface area (Å²) in [7, 11) is 0. The molecule has 0 atom stereocenters. The highest BCUT2D eigenvalue weighted by Gasteiger charge is 2.08. The number of amides is 1. The summed E-state index contributed by atoms with van der Waals surface area (Å²) in [6, 6.07) is 6.72. The molecule has 1 aromatic carbocycles. The van der Waals surface area contributed by atoms with Crippen LogP contribution in [0.1, 0.15) is 22.8 Å². The molecule has 0 aromatic heterocycles. The van der Waals surface area contributed by atoms with E-state index < -0.39 is 12.1 Å². The molecule has 0 radical (unpaired) electrons. The fraction of sp³-hybridized carbons (Fsp3) is 0.333. The van der Waals surface area contributed by atoms with Crippen LogP contribution in [0.25, 0.3) is 0 Å². The smallest absolute Gasteiger partial charge is 0.407 e. The predicted octanol–water partition coefficient (Wildman–Crippen LogP) is 1.67. The van der Waals surface area contributed by atoms with Gasteiger partial charge >= 0.3 is 12.1 Å². The molecule has 0 bridgehead atoms. The van der Waals surface area contributed by atoms with E-state index in [2.05, 4.69) is 5.32 Å². The van der Waals surface area contributed by atoms with Gasteiger partial charge in [-0.1, -0.05) is 18.2 Å². The van der Waals surface area contributed by atoms with Crippen LogP contribution in [0.2, 0.25) is 0 Å². The quantitative estimate of drug-likeness (QED) is 0.816. The molecular weight excluding hydrogens is 222 g/mol. The van der Waals surface area contributed by atoms with E-state index in [0.717, 1.165) is 0 Å². The van der Waals surface area contributed by atoms with E-state index in [1.165, 1.54) is 0 Å². The number of carbonyl (C=O) groups excluding carboxylic acids is 1. The van der Waals surface area contributed by atoms with Crippen molar-refractivity contribution in [3.63, 3.8) is 0 Å². The van der Waals surface area contributed by atoms with Gasteiger partial charge in [0.05, 0.1) is 12.2 Å². The molecular formula is C12H15NO4. The number of alkyl carbamates (subject to hydrolysis) is 1. The Morgan fingerprint density at radius 3 is 2.71 bits per heavy atom. The molecule has 92 valence electrons. The highest BCUT2D eigenvalue weighted by Crippen LogP contribution is 2.08. The summed E-state index contributed by atoms with van der Waals surface area (Å²) in [5.41, 5.74) is 0.954. The summed E-state index contributed by atoms with van der Waals surface area (Å²) in [6.45, 7) is 2.39. The van der Waals surface area contributed by atoms with Crippen molar-refractivity contribution in [2.45, 2.75) is 13.3 Å². The lowest BCUT2D eigenvalue weighted by Gasteiger charge is -2.07. The van der Waals surface area contributed by atoms with Crippen LogP contribution in [0.15, 0.2) is 24.3 Å². The number of hydrogen-bond donors (Lipinski definition) is 2. The number of nitrogens with one attached hydrogen (secondary N) is 1. The van der Waals surface area contributed by atoms with Crippen LogP contribution in [0, 0.1) is 0 Å². The minimum atomic E-state index is -0.961. The zero-order valence-corrected chi connectivity index (χ0v) is 9.60. The van der Waals surface area contributed by atoms with Crippen LogP contribution in [0.5, 0.6) is 0 Å². The third-order valence-electron chi connectivity index (χ3n) is 2.19. The molecule has 1 rings (SSSR count). The standard InChI is InChI=1S/C12H15NO4/c1-2-17-12(16)13-8-7-9-5-3-4-6-10(9)11(14)15/h3-6H,2,7-8H2,1H3,(H,13,16)(H,14,15). The van der Waals surface area contributed by atoms with E-state index in [9.17, 15) is 9.59 Å². The van der Waals surface area contributed by atoms with E-state index in [4.69, 9.17) is 9.84 Å². The molecule has 5 nitrogen and oxygen atoms in total. The Hall–Kier alpha value is -2.04. The van der Waals surface area contributed by atoms with Gasteiger partial charge in [-0.25, -0.2) is 9.59 Å². The van der Waals surface area contributed by atoms with Crippen LogP contribution in [-0.4, -0.2) is 30.3 Å². The van der Waals surface area contributed by atoms with Crippen molar-refractivity contribution >= 4 is 12.1 Å². The molecule has 0 saturated heterocycles. The molecule has 0 heterocycles. The second-order valence-electron chi connectivity index (χ2n) is 3.36. The van der Waals surface area contributed by atoms with Crippen LogP contribution in [-0.2, 0) is 11.2 Å². The summed E-state index contributed by atoms with van der Waals surface area (Å²) >= 11 is 0. The van der Waals surface area contributed by atoms with Crippen LogP contribution >= 0.6 is 0 Å². The molecule has 0 unspecified atom stereocenters. The summed E-state index contributed by atoms with van der Waals surface area (Å²) in [6.07, 6.45) is -0.0262. The van der Waals surface area contributed by atoms with Gasteiger partial charge in [-0.15, -0.1) is 0 Å². The van der Waals surface area contributed by atoms with Crippen molar-refractivity contribution in [1.82, 2.24) is 5.32 Å². The lowest BCUT2D eigenvalue weighted by molar-refractivity contribution is 0.0695. The number of benzene rings is 1. The number of carboxylic acid groups (broad SMARTS) is 1. The minimum absolute atomic E-state index is 0.262. The molecule has 0 aliphatic rings. The summed E-state index contributed by atoms with van der Waals surface area (Å²) < 4.78 is 4.69. The SMILES string of the molecule is CCOC(=O)NCCc1ccccc1C(=O)O. The molecule has 1 amide bonds. The van der Waals surface area contributed by atoms with Gasteiger partial charge in [0.15, 0.2) is 0 Å². The minimum Gasteiger partial charge on any atom is -0.478 e. The average molecular weight is 237 g/mol. The van der Waals surface area contributed by atoms with E-state index in [-0.39, 0.29) is 5.56 Å². The van der Waals surface area contributed by atoms with E-state index >= 15 is 0 Å². The molecule has 0 aliphatic heterocycles. The maximum Gasteiger partial charge on any atom is 0.407 e. The molecule has 0 saturated carbocycles. The first-order valence-corrected chi connectivity index (χ1v) is 5.37. The zero-order valence-electron chi connectivity index (χ0n) is 9.60. The van der Waals surface area contributed by atoms with Crippen molar-refractivity contribution in [1.29, 1.82) is 0 Å². The van der Waals surface area contributed by atoms with Gasteiger partial charge in [-0.05, 0) is 25.0 Å².